The second kappa shape index (κ2) is 11.4. The monoisotopic (exact) mass is 474 g/mol. The van der Waals surface area contributed by atoms with Crippen molar-refractivity contribution in [3.8, 4) is 0 Å². The molecule has 7 heteroatoms. The van der Waals surface area contributed by atoms with E-state index in [1.807, 2.05) is 12.1 Å². The van der Waals surface area contributed by atoms with E-state index in [0.29, 0.717) is 27.3 Å². The third kappa shape index (κ3) is 6.37. The maximum atomic E-state index is 12.9. The zero-order chi connectivity index (χ0) is 22.3. The lowest BCUT2D eigenvalue weighted by Gasteiger charge is -2.37. The van der Waals surface area contributed by atoms with Gasteiger partial charge in [0, 0.05) is 29.5 Å². The number of likely N-dealkylation sites (tertiary alicyclic amines) is 1. The summed E-state index contributed by atoms with van der Waals surface area (Å²) < 4.78 is 0. The van der Waals surface area contributed by atoms with Gasteiger partial charge in [0.15, 0.2) is 0 Å². The Bertz CT molecular complexity index is 889. The molecule has 0 unspecified atom stereocenters. The Morgan fingerprint density at radius 3 is 2.38 bits per heavy atom. The Morgan fingerprint density at radius 1 is 0.969 bits per heavy atom. The third-order valence-corrected chi connectivity index (χ3v) is 7.23. The summed E-state index contributed by atoms with van der Waals surface area (Å²) >= 11 is 12.1. The fourth-order valence-corrected chi connectivity index (χ4v) is 5.18. The van der Waals surface area contributed by atoms with Crippen LogP contribution < -0.4 is 10.6 Å². The van der Waals surface area contributed by atoms with E-state index in [2.05, 4.69) is 20.5 Å². The quantitative estimate of drug-likeness (QED) is 0.469. The second-order valence-electron chi connectivity index (χ2n) is 9.01. The van der Waals surface area contributed by atoms with Crippen LogP contribution in [0, 0.1) is 5.92 Å². The molecule has 172 valence electrons. The molecule has 1 aliphatic heterocycles. The average Bonchev–Trinajstić information content (AvgIpc) is 3.10. The molecular formula is C25H32Cl2N4O. The molecule has 1 aliphatic carbocycles. The van der Waals surface area contributed by atoms with Crippen LogP contribution in [0.3, 0.4) is 0 Å². The molecule has 1 saturated heterocycles. The van der Waals surface area contributed by atoms with Gasteiger partial charge in [-0.05, 0) is 75.0 Å². The molecule has 0 atom stereocenters. The maximum absolute atomic E-state index is 12.9. The number of pyridine rings is 1. The SMILES string of the molecule is O=C(Nc1ccc(Cl)cn1)c1cc(Cl)ccc1NCC1CCN(C2CCCCCC2)CC1. The van der Waals surface area contributed by atoms with Gasteiger partial charge in [-0.3, -0.25) is 4.79 Å². The summed E-state index contributed by atoms with van der Waals surface area (Å²) in [5.41, 5.74) is 1.32. The van der Waals surface area contributed by atoms with Gasteiger partial charge < -0.3 is 15.5 Å². The molecule has 2 N–H and O–H groups in total. The number of hydrogen-bond donors (Lipinski definition) is 2. The van der Waals surface area contributed by atoms with Crippen molar-refractivity contribution in [3.63, 3.8) is 0 Å². The number of carbonyl (C=O) groups excluding carboxylic acids is 1. The Morgan fingerprint density at radius 2 is 1.69 bits per heavy atom. The molecule has 0 bridgehead atoms. The fraction of sp³-hybridized carbons (Fsp3) is 0.520. The number of nitrogens with zero attached hydrogens (tertiary/aromatic N) is 2. The van der Waals surface area contributed by atoms with E-state index in [1.165, 1.54) is 70.7 Å². The van der Waals surface area contributed by atoms with Crippen molar-refractivity contribution >= 4 is 40.6 Å². The first-order valence-corrected chi connectivity index (χ1v) is 12.5. The molecule has 1 aromatic carbocycles. The van der Waals surface area contributed by atoms with Gasteiger partial charge in [-0.1, -0.05) is 48.9 Å². The van der Waals surface area contributed by atoms with Crippen molar-refractivity contribution < 1.29 is 4.79 Å². The predicted octanol–water partition coefficient (Wildman–Crippen LogP) is 6.49. The van der Waals surface area contributed by atoms with Crippen LogP contribution in [0.4, 0.5) is 11.5 Å². The fourth-order valence-electron chi connectivity index (χ4n) is 4.89. The topological polar surface area (TPSA) is 57.3 Å². The number of aromatic nitrogens is 1. The molecule has 32 heavy (non-hydrogen) atoms. The van der Waals surface area contributed by atoms with E-state index in [9.17, 15) is 4.79 Å². The van der Waals surface area contributed by atoms with Crippen molar-refractivity contribution in [1.82, 2.24) is 9.88 Å². The number of amides is 1. The first kappa shape index (κ1) is 23.3. The first-order valence-electron chi connectivity index (χ1n) is 11.8. The lowest BCUT2D eigenvalue weighted by atomic mass is 9.94. The molecule has 2 heterocycles. The van der Waals surface area contributed by atoms with E-state index in [4.69, 9.17) is 23.2 Å². The molecular weight excluding hydrogens is 443 g/mol. The number of carbonyl (C=O) groups is 1. The average molecular weight is 475 g/mol. The van der Waals surface area contributed by atoms with E-state index in [1.54, 1.807) is 18.2 Å². The number of rotatable bonds is 6. The third-order valence-electron chi connectivity index (χ3n) is 6.77. The Hall–Kier alpha value is -1.82. The highest BCUT2D eigenvalue weighted by Crippen LogP contribution is 2.28. The number of piperidine rings is 1. The van der Waals surface area contributed by atoms with Crippen molar-refractivity contribution in [3.05, 3.63) is 52.1 Å². The smallest absolute Gasteiger partial charge is 0.258 e. The summed E-state index contributed by atoms with van der Waals surface area (Å²) in [6, 6.07) is 9.56. The van der Waals surface area contributed by atoms with Gasteiger partial charge in [0.1, 0.15) is 5.82 Å². The van der Waals surface area contributed by atoms with Crippen LogP contribution >= 0.6 is 23.2 Å². The van der Waals surface area contributed by atoms with Gasteiger partial charge in [0.2, 0.25) is 0 Å². The molecule has 2 fully saturated rings. The lowest BCUT2D eigenvalue weighted by Crippen LogP contribution is -2.42. The summed E-state index contributed by atoms with van der Waals surface area (Å²) in [7, 11) is 0. The van der Waals surface area contributed by atoms with Gasteiger partial charge in [-0.25, -0.2) is 4.98 Å². The van der Waals surface area contributed by atoms with Gasteiger partial charge in [-0.15, -0.1) is 0 Å². The molecule has 4 rings (SSSR count). The number of benzene rings is 1. The number of hydrogen-bond acceptors (Lipinski definition) is 4. The minimum absolute atomic E-state index is 0.243. The van der Waals surface area contributed by atoms with Gasteiger partial charge in [-0.2, -0.15) is 0 Å². The second-order valence-corrected chi connectivity index (χ2v) is 9.88. The number of anilines is 2. The maximum Gasteiger partial charge on any atom is 0.258 e. The van der Waals surface area contributed by atoms with Crippen molar-refractivity contribution in [2.24, 2.45) is 5.92 Å². The van der Waals surface area contributed by atoms with Crippen LogP contribution in [0.1, 0.15) is 61.7 Å². The lowest BCUT2D eigenvalue weighted by molar-refractivity contribution is 0.102. The van der Waals surface area contributed by atoms with E-state index >= 15 is 0 Å². The predicted molar refractivity (Wildman–Crippen MR) is 133 cm³/mol. The molecule has 2 aliphatic rings. The summed E-state index contributed by atoms with van der Waals surface area (Å²) in [5, 5.41) is 7.39. The highest BCUT2D eigenvalue weighted by atomic mass is 35.5. The van der Waals surface area contributed by atoms with Crippen molar-refractivity contribution in [2.45, 2.75) is 57.4 Å². The van der Waals surface area contributed by atoms with Crippen LogP contribution in [-0.4, -0.2) is 41.5 Å². The Balaban J connectivity index is 1.32. The van der Waals surface area contributed by atoms with Crippen molar-refractivity contribution in [1.29, 1.82) is 0 Å². The van der Waals surface area contributed by atoms with Crippen LogP contribution in [0.2, 0.25) is 10.0 Å². The van der Waals surface area contributed by atoms with E-state index in [-0.39, 0.29) is 5.91 Å². The van der Waals surface area contributed by atoms with Crippen LogP contribution in [0.15, 0.2) is 36.5 Å². The summed E-state index contributed by atoms with van der Waals surface area (Å²) in [4.78, 5) is 19.7. The minimum Gasteiger partial charge on any atom is -0.384 e. The van der Waals surface area contributed by atoms with Gasteiger partial charge in [0.25, 0.3) is 5.91 Å². The highest BCUT2D eigenvalue weighted by Gasteiger charge is 2.25. The molecule has 0 radical (unpaired) electrons. The van der Waals surface area contributed by atoms with Gasteiger partial charge in [0.05, 0.1) is 10.6 Å². The Kier molecular flexibility index (Phi) is 8.28. The summed E-state index contributed by atoms with van der Waals surface area (Å²) in [6.07, 6.45) is 12.2. The zero-order valence-corrected chi connectivity index (χ0v) is 20.0. The van der Waals surface area contributed by atoms with Crippen LogP contribution in [-0.2, 0) is 0 Å². The molecule has 0 spiro atoms. The molecule has 2 aromatic rings. The van der Waals surface area contributed by atoms with Crippen LogP contribution in [0.25, 0.3) is 0 Å². The first-order chi connectivity index (χ1) is 15.6. The molecule has 1 saturated carbocycles. The number of halogens is 2. The molecule has 5 nitrogen and oxygen atoms in total. The largest absolute Gasteiger partial charge is 0.384 e. The zero-order valence-electron chi connectivity index (χ0n) is 18.5. The molecule has 1 aromatic heterocycles. The number of nitrogens with one attached hydrogen (secondary N) is 2. The summed E-state index contributed by atoms with van der Waals surface area (Å²) in [6.45, 7) is 3.24. The Labute approximate surface area is 200 Å². The van der Waals surface area contributed by atoms with Gasteiger partial charge >= 0.3 is 0 Å². The van der Waals surface area contributed by atoms with E-state index < -0.39 is 0 Å². The minimum atomic E-state index is -0.243. The van der Waals surface area contributed by atoms with Crippen LogP contribution in [0.5, 0.6) is 0 Å². The van der Waals surface area contributed by atoms with Crippen molar-refractivity contribution in [2.75, 3.05) is 30.3 Å². The highest BCUT2D eigenvalue weighted by molar-refractivity contribution is 6.31. The van der Waals surface area contributed by atoms with E-state index in [0.717, 1.165) is 18.3 Å². The standard InChI is InChI=1S/C25H32Cl2N4O/c26-19-7-9-23(22(15-19)25(32)30-24-10-8-20(27)17-29-24)28-16-18-11-13-31(14-12-18)21-5-3-1-2-4-6-21/h7-10,15,17-18,21,28H,1-6,11-14,16H2,(H,29,30,32). The normalized spacial score (nSPS) is 18.8. The molecule has 1 amide bonds. The summed E-state index contributed by atoms with van der Waals surface area (Å²) in [5.74, 6) is 0.825.